The first-order chi connectivity index (χ1) is 8.74. The number of nitrogen functional groups attached to an aromatic ring is 1. The Kier molecular flexibility index (Phi) is 4.38. The van der Waals surface area contributed by atoms with Crippen LogP contribution in [0.3, 0.4) is 0 Å². The van der Waals surface area contributed by atoms with Crippen molar-refractivity contribution in [2.45, 2.75) is 37.5 Å². The number of hydrogen-bond donors (Lipinski definition) is 2. The molecule has 0 amide bonds. The van der Waals surface area contributed by atoms with Crippen molar-refractivity contribution in [3.63, 3.8) is 0 Å². The van der Waals surface area contributed by atoms with Gasteiger partial charge in [-0.05, 0) is 37.1 Å². The van der Waals surface area contributed by atoms with Crippen molar-refractivity contribution in [3.8, 4) is 6.07 Å². The van der Waals surface area contributed by atoms with Gasteiger partial charge in [0.15, 0.2) is 0 Å². The normalized spacial score (nSPS) is 22.7. The summed E-state index contributed by atoms with van der Waals surface area (Å²) in [6.07, 6.45) is 3.65. The fourth-order valence-corrected chi connectivity index (χ4v) is 3.61. The van der Waals surface area contributed by atoms with Crippen LogP contribution in [0.25, 0.3) is 0 Å². The van der Waals surface area contributed by atoms with Gasteiger partial charge in [-0.1, -0.05) is 13.0 Å². The van der Waals surface area contributed by atoms with Crippen molar-refractivity contribution in [2.24, 2.45) is 0 Å². The fraction of sp³-hybridized carbons (Fsp3) is 0.500. The molecule has 18 heavy (non-hydrogen) atoms. The predicted molar refractivity (Wildman–Crippen MR) is 78.8 cm³/mol. The minimum Gasteiger partial charge on any atom is -0.396 e. The Balaban J connectivity index is 2.01. The van der Waals surface area contributed by atoms with E-state index in [1.54, 1.807) is 6.07 Å². The van der Waals surface area contributed by atoms with Crippen molar-refractivity contribution in [3.05, 3.63) is 23.8 Å². The van der Waals surface area contributed by atoms with Crippen molar-refractivity contribution in [1.29, 1.82) is 5.26 Å². The molecule has 1 fully saturated rings. The smallest absolute Gasteiger partial charge is 0.101 e. The molecule has 2 unspecified atom stereocenters. The Morgan fingerprint density at radius 1 is 1.50 bits per heavy atom. The lowest BCUT2D eigenvalue weighted by molar-refractivity contribution is 0.757. The van der Waals surface area contributed by atoms with Crippen molar-refractivity contribution >= 4 is 23.1 Å². The highest BCUT2D eigenvalue weighted by atomic mass is 32.2. The Morgan fingerprint density at radius 2 is 2.33 bits per heavy atom. The van der Waals surface area contributed by atoms with Gasteiger partial charge in [0.2, 0.25) is 0 Å². The van der Waals surface area contributed by atoms with Crippen LogP contribution in [0, 0.1) is 11.3 Å². The highest BCUT2D eigenvalue weighted by Gasteiger charge is 2.24. The largest absolute Gasteiger partial charge is 0.396 e. The maximum absolute atomic E-state index is 8.95. The second-order valence-electron chi connectivity index (χ2n) is 4.61. The maximum Gasteiger partial charge on any atom is 0.101 e. The summed E-state index contributed by atoms with van der Waals surface area (Å²) >= 11 is 2.04. The summed E-state index contributed by atoms with van der Waals surface area (Å²) in [6, 6.07) is 8.20. The van der Waals surface area contributed by atoms with E-state index in [0.29, 0.717) is 17.3 Å². The van der Waals surface area contributed by atoms with Crippen LogP contribution in [0.2, 0.25) is 0 Å². The minimum atomic E-state index is 0.491. The molecule has 0 aromatic heterocycles. The van der Waals surface area contributed by atoms with E-state index >= 15 is 0 Å². The van der Waals surface area contributed by atoms with E-state index in [-0.39, 0.29) is 0 Å². The van der Waals surface area contributed by atoms with E-state index in [1.807, 2.05) is 23.9 Å². The predicted octanol–water partition coefficient (Wildman–Crippen LogP) is 3.23. The van der Waals surface area contributed by atoms with Gasteiger partial charge in [0.05, 0.1) is 16.9 Å². The molecule has 1 aliphatic rings. The van der Waals surface area contributed by atoms with Crippen LogP contribution < -0.4 is 11.1 Å². The zero-order valence-corrected chi connectivity index (χ0v) is 11.5. The van der Waals surface area contributed by atoms with E-state index < -0.39 is 0 Å². The van der Waals surface area contributed by atoms with Gasteiger partial charge in [0.1, 0.15) is 6.07 Å². The maximum atomic E-state index is 8.95. The Morgan fingerprint density at radius 3 is 3.06 bits per heavy atom. The van der Waals surface area contributed by atoms with E-state index in [4.69, 9.17) is 11.0 Å². The van der Waals surface area contributed by atoms with E-state index in [1.165, 1.54) is 25.0 Å². The van der Waals surface area contributed by atoms with Crippen LogP contribution in [0.4, 0.5) is 11.4 Å². The van der Waals surface area contributed by atoms with Crippen molar-refractivity contribution < 1.29 is 0 Å². The third kappa shape index (κ3) is 2.91. The molecule has 1 aromatic carbocycles. The van der Waals surface area contributed by atoms with Crippen LogP contribution in [0.5, 0.6) is 0 Å². The Bertz CT molecular complexity index is 453. The van der Waals surface area contributed by atoms with Gasteiger partial charge >= 0.3 is 0 Å². The molecule has 3 N–H and O–H groups in total. The molecule has 0 heterocycles. The molecule has 0 aliphatic heterocycles. The summed E-state index contributed by atoms with van der Waals surface area (Å²) in [7, 11) is 0. The van der Waals surface area contributed by atoms with Gasteiger partial charge in [-0.25, -0.2) is 0 Å². The SMILES string of the molecule is CCSC1CCC(Nc2cccc(C#N)c2N)C1. The molecule has 2 rings (SSSR count). The van der Waals surface area contributed by atoms with E-state index in [2.05, 4.69) is 18.3 Å². The third-order valence-electron chi connectivity index (χ3n) is 3.37. The molecule has 1 aliphatic carbocycles. The van der Waals surface area contributed by atoms with Gasteiger partial charge in [-0.15, -0.1) is 0 Å². The average molecular weight is 261 g/mol. The highest BCUT2D eigenvalue weighted by Crippen LogP contribution is 2.33. The lowest BCUT2D eigenvalue weighted by Crippen LogP contribution is -2.17. The summed E-state index contributed by atoms with van der Waals surface area (Å²) < 4.78 is 0. The van der Waals surface area contributed by atoms with Gasteiger partial charge in [-0.2, -0.15) is 17.0 Å². The fourth-order valence-electron chi connectivity index (χ4n) is 2.47. The summed E-state index contributed by atoms with van der Waals surface area (Å²) in [5.74, 6) is 1.18. The summed E-state index contributed by atoms with van der Waals surface area (Å²) in [4.78, 5) is 0. The van der Waals surface area contributed by atoms with Crippen molar-refractivity contribution in [2.75, 3.05) is 16.8 Å². The molecule has 0 spiro atoms. The molecule has 0 radical (unpaired) electrons. The van der Waals surface area contributed by atoms with Gasteiger partial charge in [0.25, 0.3) is 0 Å². The number of hydrogen-bond acceptors (Lipinski definition) is 4. The lowest BCUT2D eigenvalue weighted by Gasteiger charge is -2.16. The van der Waals surface area contributed by atoms with Crippen LogP contribution in [0.15, 0.2) is 18.2 Å². The van der Waals surface area contributed by atoms with E-state index in [0.717, 1.165) is 10.9 Å². The zero-order valence-electron chi connectivity index (χ0n) is 10.6. The second-order valence-corrected chi connectivity index (χ2v) is 6.19. The number of para-hydroxylation sites is 1. The van der Waals surface area contributed by atoms with E-state index in [9.17, 15) is 0 Å². The number of nitrogens with one attached hydrogen (secondary N) is 1. The molecule has 1 aromatic rings. The summed E-state index contributed by atoms with van der Waals surface area (Å²) in [5.41, 5.74) is 8.01. The first-order valence-electron chi connectivity index (χ1n) is 6.41. The Hall–Kier alpha value is -1.34. The lowest BCUT2D eigenvalue weighted by atomic mass is 10.1. The van der Waals surface area contributed by atoms with Crippen LogP contribution >= 0.6 is 11.8 Å². The Labute approximate surface area is 113 Å². The quantitative estimate of drug-likeness (QED) is 0.817. The van der Waals surface area contributed by atoms with Gasteiger partial charge in [-0.3, -0.25) is 0 Å². The number of nitrogens with zero attached hydrogens (tertiary/aromatic N) is 1. The van der Waals surface area contributed by atoms with Gasteiger partial charge in [0, 0.05) is 11.3 Å². The highest BCUT2D eigenvalue weighted by molar-refractivity contribution is 7.99. The van der Waals surface area contributed by atoms with Crippen LogP contribution in [-0.4, -0.2) is 17.0 Å². The molecular weight excluding hydrogens is 242 g/mol. The number of anilines is 2. The molecule has 0 bridgehead atoms. The first kappa shape index (κ1) is 13.1. The topological polar surface area (TPSA) is 61.8 Å². The first-order valence-corrected chi connectivity index (χ1v) is 7.46. The number of benzene rings is 1. The minimum absolute atomic E-state index is 0.491. The monoisotopic (exact) mass is 261 g/mol. The number of nitriles is 1. The second kappa shape index (κ2) is 6.01. The molecule has 0 saturated heterocycles. The average Bonchev–Trinajstić information content (AvgIpc) is 2.80. The molecule has 1 saturated carbocycles. The third-order valence-corrected chi connectivity index (χ3v) is 4.61. The summed E-state index contributed by atoms with van der Waals surface area (Å²) in [5, 5.41) is 13.2. The zero-order chi connectivity index (χ0) is 13.0. The standard InChI is InChI=1S/C14H19N3S/c1-2-18-12-7-6-11(8-12)17-13-5-3-4-10(9-15)14(13)16/h3-5,11-12,17H,2,6-8,16H2,1H3. The molecular formula is C14H19N3S. The van der Waals surface area contributed by atoms with Crippen LogP contribution in [-0.2, 0) is 0 Å². The molecule has 4 heteroatoms. The molecule has 2 atom stereocenters. The summed E-state index contributed by atoms with van der Waals surface area (Å²) in [6.45, 7) is 2.21. The number of rotatable bonds is 4. The van der Waals surface area contributed by atoms with Crippen molar-refractivity contribution in [1.82, 2.24) is 0 Å². The number of thioether (sulfide) groups is 1. The molecule has 3 nitrogen and oxygen atoms in total. The van der Waals surface area contributed by atoms with Gasteiger partial charge < -0.3 is 11.1 Å². The van der Waals surface area contributed by atoms with Crippen LogP contribution in [0.1, 0.15) is 31.7 Å². The number of nitrogens with two attached hydrogens (primary N) is 1. The molecule has 96 valence electrons.